The summed E-state index contributed by atoms with van der Waals surface area (Å²) in [5, 5.41) is 10.0. The molecule has 1 aromatic heterocycles. The third-order valence-corrected chi connectivity index (χ3v) is 6.48. The zero-order chi connectivity index (χ0) is 28.4. The summed E-state index contributed by atoms with van der Waals surface area (Å²) >= 11 is 0. The molecule has 3 aromatic rings. The van der Waals surface area contributed by atoms with Crippen LogP contribution in [0.25, 0.3) is 0 Å². The predicted molar refractivity (Wildman–Crippen MR) is 142 cm³/mol. The number of aryl methyl sites for hydroxylation is 1. The molecule has 1 fully saturated rings. The number of amides is 3. The number of piperidine rings is 1. The lowest BCUT2D eigenvalue weighted by molar-refractivity contribution is -0.138. The van der Waals surface area contributed by atoms with Crippen LogP contribution in [0.2, 0.25) is 0 Å². The van der Waals surface area contributed by atoms with Crippen LogP contribution >= 0.6 is 0 Å². The van der Waals surface area contributed by atoms with E-state index < -0.39 is 23.7 Å². The molecule has 3 amide bonds. The Balaban J connectivity index is 1.32. The quantitative estimate of drug-likeness (QED) is 0.409. The molecule has 0 spiro atoms. The van der Waals surface area contributed by atoms with E-state index in [1.54, 1.807) is 36.0 Å². The number of nitrogens with one attached hydrogen (secondary N) is 2. The molecule has 0 saturated carbocycles. The minimum atomic E-state index is -4.60. The van der Waals surface area contributed by atoms with E-state index in [9.17, 15) is 22.8 Å². The van der Waals surface area contributed by atoms with Crippen molar-refractivity contribution >= 4 is 23.4 Å². The SMILES string of the molecule is Cn1nc(C(C)(C)C)cc1NC(=O)Nc1cccc(OC2CCN(C(=O)c3ccccc3C(F)(F)F)CC2)c1. The summed E-state index contributed by atoms with van der Waals surface area (Å²) in [5.74, 6) is 0.459. The minimum absolute atomic E-state index is 0.156. The van der Waals surface area contributed by atoms with Crippen LogP contribution in [0.4, 0.5) is 29.5 Å². The predicted octanol–water partition coefficient (Wildman–Crippen LogP) is 6.06. The molecule has 1 saturated heterocycles. The first-order valence-corrected chi connectivity index (χ1v) is 12.7. The van der Waals surface area contributed by atoms with E-state index in [2.05, 4.69) is 15.7 Å². The summed E-state index contributed by atoms with van der Waals surface area (Å²) in [4.78, 5) is 26.8. The summed E-state index contributed by atoms with van der Waals surface area (Å²) in [7, 11) is 1.76. The molecule has 0 unspecified atom stereocenters. The van der Waals surface area contributed by atoms with E-state index >= 15 is 0 Å². The lowest BCUT2D eigenvalue weighted by atomic mass is 9.92. The smallest absolute Gasteiger partial charge is 0.417 e. The van der Waals surface area contributed by atoms with Gasteiger partial charge in [-0.1, -0.05) is 39.0 Å². The third kappa shape index (κ3) is 6.90. The number of carbonyl (C=O) groups is 2. The number of alkyl halides is 3. The van der Waals surface area contributed by atoms with Crippen LogP contribution in [0, 0.1) is 0 Å². The fraction of sp³-hybridized carbons (Fsp3) is 0.393. The van der Waals surface area contributed by atoms with Crippen molar-refractivity contribution in [2.75, 3.05) is 23.7 Å². The molecule has 2 aromatic carbocycles. The van der Waals surface area contributed by atoms with Gasteiger partial charge in [0.2, 0.25) is 0 Å². The molecule has 208 valence electrons. The fourth-order valence-electron chi connectivity index (χ4n) is 4.33. The monoisotopic (exact) mass is 543 g/mol. The van der Waals surface area contributed by atoms with E-state index in [4.69, 9.17) is 4.74 Å². The second-order valence-corrected chi connectivity index (χ2v) is 10.5. The first kappa shape index (κ1) is 28.0. The highest BCUT2D eigenvalue weighted by atomic mass is 19.4. The van der Waals surface area contributed by atoms with Crippen molar-refractivity contribution in [2.45, 2.75) is 51.3 Å². The number of benzene rings is 2. The van der Waals surface area contributed by atoms with Crippen molar-refractivity contribution < 1.29 is 27.5 Å². The van der Waals surface area contributed by atoms with Crippen molar-refractivity contribution in [3.8, 4) is 5.75 Å². The molecule has 0 aliphatic carbocycles. The first-order chi connectivity index (χ1) is 18.3. The van der Waals surface area contributed by atoms with Crippen LogP contribution in [-0.2, 0) is 18.6 Å². The van der Waals surface area contributed by atoms with Gasteiger partial charge < -0.3 is 15.0 Å². The molecular formula is C28H32F3N5O3. The summed E-state index contributed by atoms with van der Waals surface area (Å²) in [6.07, 6.45) is -3.89. The number of anilines is 2. The normalized spacial score (nSPS) is 14.7. The highest BCUT2D eigenvalue weighted by Gasteiger charge is 2.36. The van der Waals surface area contributed by atoms with E-state index in [0.717, 1.165) is 11.8 Å². The molecule has 0 bridgehead atoms. The van der Waals surface area contributed by atoms with Crippen LogP contribution in [0.15, 0.2) is 54.6 Å². The second kappa shape index (κ2) is 11.0. The number of halogens is 3. The molecule has 2 heterocycles. The lowest BCUT2D eigenvalue weighted by Crippen LogP contribution is -2.42. The van der Waals surface area contributed by atoms with Gasteiger partial charge in [0, 0.05) is 56.2 Å². The second-order valence-electron chi connectivity index (χ2n) is 10.5. The number of carbonyl (C=O) groups excluding carboxylic acids is 2. The summed E-state index contributed by atoms with van der Waals surface area (Å²) < 4.78 is 47.7. The molecular weight excluding hydrogens is 511 g/mol. The molecule has 0 radical (unpaired) electrons. The van der Waals surface area contributed by atoms with Gasteiger partial charge in [0.05, 0.1) is 16.8 Å². The number of rotatable bonds is 5. The van der Waals surface area contributed by atoms with Crippen molar-refractivity contribution in [3.05, 3.63) is 71.4 Å². The Morgan fingerprint density at radius 3 is 2.31 bits per heavy atom. The highest BCUT2D eigenvalue weighted by Crippen LogP contribution is 2.33. The first-order valence-electron chi connectivity index (χ1n) is 12.7. The summed E-state index contributed by atoms with van der Waals surface area (Å²) in [6.45, 7) is 6.67. The summed E-state index contributed by atoms with van der Waals surface area (Å²) in [5.41, 5.74) is -0.0499. The van der Waals surface area contributed by atoms with E-state index in [1.807, 2.05) is 26.8 Å². The van der Waals surface area contributed by atoms with Crippen molar-refractivity contribution in [1.82, 2.24) is 14.7 Å². The van der Waals surface area contributed by atoms with Gasteiger partial charge >= 0.3 is 12.2 Å². The van der Waals surface area contributed by atoms with Gasteiger partial charge in [0.1, 0.15) is 17.7 Å². The zero-order valence-electron chi connectivity index (χ0n) is 22.3. The average molecular weight is 544 g/mol. The Morgan fingerprint density at radius 2 is 1.67 bits per heavy atom. The maximum Gasteiger partial charge on any atom is 0.417 e. The maximum absolute atomic E-state index is 13.3. The number of likely N-dealkylation sites (tertiary alicyclic amines) is 1. The standard InChI is InChI=1S/C28H32F3N5O3/c1-27(2,3)23-17-24(35(4)34-23)33-26(38)32-18-8-7-9-20(16-18)39-19-12-14-36(15-13-19)25(37)21-10-5-6-11-22(21)28(29,30)31/h5-11,16-17,19H,12-15H2,1-4H3,(H2,32,33,38). The number of hydrogen-bond acceptors (Lipinski definition) is 4. The number of ether oxygens (including phenoxy) is 1. The number of urea groups is 1. The topological polar surface area (TPSA) is 88.5 Å². The Morgan fingerprint density at radius 1 is 0.974 bits per heavy atom. The fourth-order valence-corrected chi connectivity index (χ4v) is 4.33. The van der Waals surface area contributed by atoms with E-state index in [-0.39, 0.29) is 30.2 Å². The Bertz CT molecular complexity index is 1340. The van der Waals surface area contributed by atoms with Gasteiger partial charge in [-0.05, 0) is 24.3 Å². The van der Waals surface area contributed by atoms with Crippen LogP contribution in [0.3, 0.4) is 0 Å². The lowest BCUT2D eigenvalue weighted by Gasteiger charge is -2.32. The highest BCUT2D eigenvalue weighted by molar-refractivity contribution is 5.99. The van der Waals surface area contributed by atoms with Gasteiger partial charge in [0.15, 0.2) is 0 Å². The van der Waals surface area contributed by atoms with Crippen molar-refractivity contribution in [1.29, 1.82) is 0 Å². The van der Waals surface area contributed by atoms with Crippen molar-refractivity contribution in [2.24, 2.45) is 7.05 Å². The third-order valence-electron chi connectivity index (χ3n) is 6.48. The van der Waals surface area contributed by atoms with Gasteiger partial charge in [-0.25, -0.2) is 4.79 Å². The average Bonchev–Trinajstić information content (AvgIpc) is 3.24. The van der Waals surface area contributed by atoms with Crippen molar-refractivity contribution in [3.63, 3.8) is 0 Å². The van der Waals surface area contributed by atoms with Gasteiger partial charge in [-0.3, -0.25) is 14.8 Å². The number of hydrogen-bond donors (Lipinski definition) is 2. The Hall–Kier alpha value is -4.02. The molecule has 4 rings (SSSR count). The van der Waals surface area contributed by atoms with Crippen LogP contribution < -0.4 is 15.4 Å². The van der Waals surface area contributed by atoms with Crippen LogP contribution in [0.1, 0.15) is 55.2 Å². The maximum atomic E-state index is 13.3. The summed E-state index contributed by atoms with van der Waals surface area (Å²) in [6, 6.07) is 13.2. The number of nitrogens with zero attached hydrogens (tertiary/aromatic N) is 3. The molecule has 1 aliphatic heterocycles. The van der Waals surface area contributed by atoms with Gasteiger partial charge in [-0.2, -0.15) is 18.3 Å². The largest absolute Gasteiger partial charge is 0.490 e. The Kier molecular flexibility index (Phi) is 7.89. The molecule has 8 nitrogen and oxygen atoms in total. The zero-order valence-corrected chi connectivity index (χ0v) is 22.3. The molecule has 0 atom stereocenters. The Labute approximate surface area is 225 Å². The molecule has 2 N–H and O–H groups in total. The van der Waals surface area contributed by atoms with E-state index in [1.165, 1.54) is 23.1 Å². The van der Waals surface area contributed by atoms with Gasteiger partial charge in [0.25, 0.3) is 5.91 Å². The van der Waals surface area contributed by atoms with Crippen LogP contribution in [0.5, 0.6) is 5.75 Å². The van der Waals surface area contributed by atoms with E-state index in [0.29, 0.717) is 30.1 Å². The molecule has 11 heteroatoms. The minimum Gasteiger partial charge on any atom is -0.490 e. The van der Waals surface area contributed by atoms with Crippen LogP contribution in [-0.4, -0.2) is 45.8 Å². The number of aromatic nitrogens is 2. The molecule has 1 aliphatic rings. The van der Waals surface area contributed by atoms with Gasteiger partial charge in [-0.15, -0.1) is 0 Å². The molecule has 39 heavy (non-hydrogen) atoms.